The number of amides is 1. The van der Waals surface area contributed by atoms with Crippen molar-refractivity contribution in [3.63, 3.8) is 0 Å². The number of hydrogen-bond donors (Lipinski definition) is 1. The average molecular weight is 390 g/mol. The molecule has 3 aromatic rings. The molecule has 0 radical (unpaired) electrons. The maximum Gasteiger partial charge on any atom is 0.257 e. The Balaban J connectivity index is 1.57. The number of nitrogens with one attached hydrogen (secondary N) is 1. The van der Waals surface area contributed by atoms with Gasteiger partial charge in [0.15, 0.2) is 11.5 Å². The summed E-state index contributed by atoms with van der Waals surface area (Å²) in [5.41, 5.74) is 4.15. The summed E-state index contributed by atoms with van der Waals surface area (Å²) in [6.45, 7) is 1.28. The van der Waals surface area contributed by atoms with Crippen molar-refractivity contribution in [1.29, 1.82) is 0 Å². The molecule has 0 aliphatic carbocycles. The number of para-hydroxylation sites is 1. The lowest BCUT2D eigenvalue weighted by molar-refractivity contribution is 0.0736. The average Bonchev–Trinajstić information content (AvgIpc) is 2.96. The second kappa shape index (κ2) is 6.84. The minimum atomic E-state index is -0.322. The first kappa shape index (κ1) is 17.6. The monoisotopic (exact) mass is 390 g/mol. The number of rotatable bonds is 2. The molecule has 7 heteroatoms. The number of aryl methyl sites for hydroxylation is 1. The van der Waals surface area contributed by atoms with Crippen molar-refractivity contribution in [1.82, 2.24) is 14.7 Å². The van der Waals surface area contributed by atoms with E-state index >= 15 is 0 Å². The Hall–Kier alpha value is -3.48. The summed E-state index contributed by atoms with van der Waals surface area (Å²) in [5.74, 6) is 1.46. The molecule has 1 atom stereocenters. The van der Waals surface area contributed by atoms with Gasteiger partial charge in [0, 0.05) is 43.5 Å². The summed E-state index contributed by atoms with van der Waals surface area (Å²) in [6.07, 6.45) is 2.49. The molecule has 3 heterocycles. The number of aromatic nitrogens is 2. The SMILES string of the molecule is CN1C(=O)c2ccccc2NC1c1cn(C)nc1-c1ccc2c(c1)OCCCO2. The first-order valence-corrected chi connectivity index (χ1v) is 9.68. The molecule has 29 heavy (non-hydrogen) atoms. The number of anilines is 1. The Kier molecular flexibility index (Phi) is 4.16. The normalized spacial score (nSPS) is 18.1. The lowest BCUT2D eigenvalue weighted by Gasteiger charge is -2.35. The number of carbonyl (C=O) groups excluding carboxylic acids is 1. The van der Waals surface area contributed by atoms with E-state index in [0.717, 1.165) is 40.4 Å². The van der Waals surface area contributed by atoms with Crippen LogP contribution in [-0.4, -0.2) is 40.8 Å². The predicted molar refractivity (Wildman–Crippen MR) is 109 cm³/mol. The predicted octanol–water partition coefficient (Wildman–Crippen LogP) is 3.44. The fourth-order valence-corrected chi connectivity index (χ4v) is 3.88. The van der Waals surface area contributed by atoms with Crippen LogP contribution in [0.4, 0.5) is 5.69 Å². The summed E-state index contributed by atoms with van der Waals surface area (Å²) in [6, 6.07) is 13.4. The summed E-state index contributed by atoms with van der Waals surface area (Å²) >= 11 is 0. The van der Waals surface area contributed by atoms with Gasteiger partial charge < -0.3 is 19.7 Å². The van der Waals surface area contributed by atoms with Crippen LogP contribution < -0.4 is 14.8 Å². The lowest BCUT2D eigenvalue weighted by Crippen LogP contribution is -2.40. The fraction of sp³-hybridized carbons (Fsp3) is 0.273. The van der Waals surface area contributed by atoms with Gasteiger partial charge in [-0.25, -0.2) is 0 Å². The zero-order valence-corrected chi connectivity index (χ0v) is 16.4. The molecule has 1 unspecified atom stereocenters. The van der Waals surface area contributed by atoms with Crippen molar-refractivity contribution in [2.75, 3.05) is 25.6 Å². The summed E-state index contributed by atoms with van der Waals surface area (Å²) in [4.78, 5) is 14.6. The van der Waals surface area contributed by atoms with Crippen LogP contribution in [0, 0.1) is 0 Å². The van der Waals surface area contributed by atoms with E-state index in [0.29, 0.717) is 18.8 Å². The van der Waals surface area contributed by atoms with E-state index in [2.05, 4.69) is 10.4 Å². The Morgan fingerprint density at radius 2 is 1.86 bits per heavy atom. The number of hydrogen-bond acceptors (Lipinski definition) is 5. The minimum Gasteiger partial charge on any atom is -0.490 e. The van der Waals surface area contributed by atoms with Gasteiger partial charge in [-0.3, -0.25) is 9.48 Å². The Morgan fingerprint density at radius 3 is 2.72 bits per heavy atom. The Labute approximate surface area is 168 Å². The maximum absolute atomic E-state index is 12.9. The topological polar surface area (TPSA) is 68.6 Å². The molecule has 2 aliphatic heterocycles. The van der Waals surface area contributed by atoms with Crippen molar-refractivity contribution < 1.29 is 14.3 Å². The third kappa shape index (κ3) is 2.99. The van der Waals surface area contributed by atoms with Crippen LogP contribution in [-0.2, 0) is 7.05 Å². The summed E-state index contributed by atoms with van der Waals surface area (Å²) in [5, 5.41) is 8.17. The van der Waals surface area contributed by atoms with Crippen LogP contribution in [0.2, 0.25) is 0 Å². The van der Waals surface area contributed by atoms with Crippen LogP contribution in [0.5, 0.6) is 11.5 Å². The molecular formula is C22H22N4O3. The first-order chi connectivity index (χ1) is 14.1. The van der Waals surface area contributed by atoms with E-state index in [1.807, 2.05) is 55.7 Å². The third-order valence-corrected chi connectivity index (χ3v) is 5.33. The number of nitrogens with zero attached hydrogens (tertiary/aromatic N) is 3. The van der Waals surface area contributed by atoms with Gasteiger partial charge >= 0.3 is 0 Å². The molecule has 5 rings (SSSR count). The van der Waals surface area contributed by atoms with Crippen molar-refractivity contribution in [2.24, 2.45) is 7.05 Å². The molecular weight excluding hydrogens is 368 g/mol. The van der Waals surface area contributed by atoms with Gasteiger partial charge in [0.2, 0.25) is 0 Å². The molecule has 0 fully saturated rings. The van der Waals surface area contributed by atoms with Crippen LogP contribution in [0.1, 0.15) is 28.5 Å². The zero-order chi connectivity index (χ0) is 20.0. The van der Waals surface area contributed by atoms with Crippen molar-refractivity contribution in [3.8, 4) is 22.8 Å². The van der Waals surface area contributed by atoms with E-state index < -0.39 is 0 Å². The number of benzene rings is 2. The standard InChI is InChI=1S/C22H22N4O3/c1-25-13-16(21-23-17-7-4-3-6-15(17)22(27)26(21)2)20(24-25)14-8-9-18-19(12-14)29-11-5-10-28-18/h3-4,6-9,12-13,21,23H,5,10-11H2,1-2H3. The van der Waals surface area contributed by atoms with Crippen LogP contribution in [0.25, 0.3) is 11.3 Å². The second-order valence-electron chi connectivity index (χ2n) is 7.33. The number of carbonyl (C=O) groups is 1. The molecule has 2 aromatic carbocycles. The highest BCUT2D eigenvalue weighted by Gasteiger charge is 2.33. The molecule has 1 amide bonds. The molecule has 0 spiro atoms. The highest BCUT2D eigenvalue weighted by atomic mass is 16.5. The highest BCUT2D eigenvalue weighted by Crippen LogP contribution is 2.39. The molecule has 0 bridgehead atoms. The molecule has 7 nitrogen and oxygen atoms in total. The van der Waals surface area contributed by atoms with Crippen molar-refractivity contribution in [2.45, 2.75) is 12.6 Å². The molecule has 148 valence electrons. The smallest absolute Gasteiger partial charge is 0.257 e. The molecule has 1 N–H and O–H groups in total. The molecule has 0 saturated heterocycles. The van der Waals surface area contributed by atoms with Crippen LogP contribution >= 0.6 is 0 Å². The van der Waals surface area contributed by atoms with Gasteiger partial charge in [-0.1, -0.05) is 12.1 Å². The largest absolute Gasteiger partial charge is 0.490 e. The Morgan fingerprint density at radius 1 is 1.07 bits per heavy atom. The van der Waals surface area contributed by atoms with Gasteiger partial charge in [-0.15, -0.1) is 0 Å². The fourth-order valence-electron chi connectivity index (χ4n) is 3.88. The zero-order valence-electron chi connectivity index (χ0n) is 16.4. The molecule has 2 aliphatic rings. The van der Waals surface area contributed by atoms with E-state index in [9.17, 15) is 4.79 Å². The van der Waals surface area contributed by atoms with Gasteiger partial charge in [0.1, 0.15) is 6.17 Å². The van der Waals surface area contributed by atoms with Crippen LogP contribution in [0.3, 0.4) is 0 Å². The van der Waals surface area contributed by atoms with E-state index in [-0.39, 0.29) is 12.1 Å². The minimum absolute atomic E-state index is 0.0159. The highest BCUT2D eigenvalue weighted by molar-refractivity contribution is 6.01. The summed E-state index contributed by atoms with van der Waals surface area (Å²) < 4.78 is 13.4. The molecule has 0 saturated carbocycles. The van der Waals surface area contributed by atoms with E-state index in [1.165, 1.54) is 0 Å². The molecule has 1 aromatic heterocycles. The van der Waals surface area contributed by atoms with Gasteiger partial charge in [0.25, 0.3) is 5.91 Å². The number of fused-ring (bicyclic) bond motifs is 2. The first-order valence-electron chi connectivity index (χ1n) is 9.68. The van der Waals surface area contributed by atoms with Crippen molar-refractivity contribution >= 4 is 11.6 Å². The maximum atomic E-state index is 12.9. The second-order valence-corrected chi connectivity index (χ2v) is 7.33. The van der Waals surface area contributed by atoms with Crippen molar-refractivity contribution in [3.05, 3.63) is 59.8 Å². The van der Waals surface area contributed by atoms with Gasteiger partial charge in [-0.2, -0.15) is 5.10 Å². The summed E-state index contributed by atoms with van der Waals surface area (Å²) in [7, 11) is 3.69. The van der Waals surface area contributed by atoms with Gasteiger partial charge in [-0.05, 0) is 30.3 Å². The lowest BCUT2D eigenvalue weighted by atomic mass is 10.0. The van der Waals surface area contributed by atoms with Gasteiger partial charge in [0.05, 0.1) is 24.5 Å². The quantitative estimate of drug-likeness (QED) is 0.726. The van der Waals surface area contributed by atoms with E-state index in [1.54, 1.807) is 16.6 Å². The Bertz CT molecular complexity index is 1090. The van der Waals surface area contributed by atoms with E-state index in [4.69, 9.17) is 9.47 Å². The van der Waals surface area contributed by atoms with Crippen LogP contribution in [0.15, 0.2) is 48.7 Å². The third-order valence-electron chi connectivity index (χ3n) is 5.33. The number of ether oxygens (including phenoxy) is 2.